The van der Waals surface area contributed by atoms with Crippen LogP contribution < -0.4 is 10.2 Å². The van der Waals surface area contributed by atoms with Crippen LogP contribution in [0.3, 0.4) is 0 Å². The molecule has 0 saturated carbocycles. The molecule has 1 N–H and O–H groups in total. The molecule has 0 aromatic heterocycles. The molecule has 0 bridgehead atoms. The highest BCUT2D eigenvalue weighted by Gasteiger charge is 2.12. The molecule has 0 aliphatic rings. The molecule has 112 valence electrons. The van der Waals surface area contributed by atoms with Gasteiger partial charge in [-0.2, -0.15) is 0 Å². The summed E-state index contributed by atoms with van der Waals surface area (Å²) >= 11 is 0. The van der Waals surface area contributed by atoms with E-state index in [9.17, 15) is 8.78 Å². The van der Waals surface area contributed by atoms with E-state index in [1.54, 1.807) is 0 Å². The summed E-state index contributed by atoms with van der Waals surface area (Å²) in [5.41, 5.74) is 3.45. The summed E-state index contributed by atoms with van der Waals surface area (Å²) in [5, 5.41) is 3.22. The van der Waals surface area contributed by atoms with E-state index < -0.39 is 11.6 Å². The Hall–Kier alpha value is -2.10. The highest BCUT2D eigenvalue weighted by Crippen LogP contribution is 2.27. The molecule has 0 saturated heterocycles. The van der Waals surface area contributed by atoms with Crippen LogP contribution in [0, 0.1) is 18.6 Å². The van der Waals surface area contributed by atoms with Crippen molar-refractivity contribution >= 4 is 11.4 Å². The van der Waals surface area contributed by atoms with Crippen molar-refractivity contribution in [3.05, 3.63) is 59.2 Å². The molecule has 0 spiro atoms. The van der Waals surface area contributed by atoms with Crippen molar-refractivity contribution in [1.82, 2.24) is 0 Å². The van der Waals surface area contributed by atoms with Gasteiger partial charge in [-0.1, -0.05) is 6.07 Å². The van der Waals surface area contributed by atoms with Gasteiger partial charge in [-0.05, 0) is 49.7 Å². The zero-order chi connectivity index (χ0) is 15.6. The van der Waals surface area contributed by atoms with Crippen LogP contribution in [-0.4, -0.2) is 14.1 Å². The summed E-state index contributed by atoms with van der Waals surface area (Å²) in [6, 6.07) is 9.14. The third kappa shape index (κ3) is 3.51. The van der Waals surface area contributed by atoms with E-state index in [1.165, 1.54) is 6.07 Å². The first-order valence-corrected chi connectivity index (χ1v) is 6.88. The monoisotopic (exact) mass is 290 g/mol. The molecule has 0 heterocycles. The molecule has 0 fully saturated rings. The van der Waals surface area contributed by atoms with E-state index in [0.29, 0.717) is 5.56 Å². The Morgan fingerprint density at radius 2 is 1.76 bits per heavy atom. The highest BCUT2D eigenvalue weighted by atomic mass is 19.1. The molecular weight excluding hydrogens is 270 g/mol. The molecule has 0 amide bonds. The van der Waals surface area contributed by atoms with Crippen LogP contribution in [0.15, 0.2) is 36.4 Å². The number of nitrogens with one attached hydrogen (secondary N) is 1. The third-order valence-corrected chi connectivity index (χ3v) is 3.50. The van der Waals surface area contributed by atoms with Crippen molar-refractivity contribution in [2.24, 2.45) is 0 Å². The maximum atomic E-state index is 13.8. The molecular formula is C17H20F2N2. The smallest absolute Gasteiger partial charge is 0.128 e. The fourth-order valence-corrected chi connectivity index (χ4v) is 2.36. The van der Waals surface area contributed by atoms with Crippen LogP contribution in [0.1, 0.15) is 24.1 Å². The number of hydrogen-bond acceptors (Lipinski definition) is 2. The summed E-state index contributed by atoms with van der Waals surface area (Å²) in [4.78, 5) is 2.02. The second kappa shape index (κ2) is 6.12. The summed E-state index contributed by atoms with van der Waals surface area (Å²) < 4.78 is 27.0. The summed E-state index contributed by atoms with van der Waals surface area (Å²) in [5.74, 6) is -0.839. The standard InChI is InChI=1S/C17H20F2N2/c1-11-5-7-14(10-17(11)21(3)4)20-12(2)15-9-13(18)6-8-16(15)19/h5-10,12,20H,1-4H3. The number of aryl methyl sites for hydroxylation is 1. The molecule has 0 radical (unpaired) electrons. The molecule has 1 unspecified atom stereocenters. The van der Waals surface area contributed by atoms with E-state index in [4.69, 9.17) is 0 Å². The van der Waals surface area contributed by atoms with Gasteiger partial charge in [-0.3, -0.25) is 0 Å². The lowest BCUT2D eigenvalue weighted by Gasteiger charge is -2.20. The van der Waals surface area contributed by atoms with Crippen molar-refractivity contribution in [3.63, 3.8) is 0 Å². The van der Waals surface area contributed by atoms with Crippen LogP contribution in [0.2, 0.25) is 0 Å². The number of hydrogen-bond donors (Lipinski definition) is 1. The van der Waals surface area contributed by atoms with E-state index in [0.717, 1.165) is 29.1 Å². The maximum Gasteiger partial charge on any atom is 0.128 e. The molecule has 21 heavy (non-hydrogen) atoms. The third-order valence-electron chi connectivity index (χ3n) is 3.50. The van der Waals surface area contributed by atoms with Crippen LogP contribution in [0.4, 0.5) is 20.2 Å². The van der Waals surface area contributed by atoms with Gasteiger partial charge in [0.1, 0.15) is 11.6 Å². The predicted molar refractivity (Wildman–Crippen MR) is 83.9 cm³/mol. The number of anilines is 2. The molecule has 1 atom stereocenters. The fourth-order valence-electron chi connectivity index (χ4n) is 2.36. The van der Waals surface area contributed by atoms with Gasteiger partial charge in [0.25, 0.3) is 0 Å². The molecule has 2 aromatic rings. The lowest BCUT2D eigenvalue weighted by Crippen LogP contribution is -2.12. The lowest BCUT2D eigenvalue weighted by atomic mass is 10.1. The van der Waals surface area contributed by atoms with Crippen molar-refractivity contribution in [2.75, 3.05) is 24.3 Å². The number of benzene rings is 2. The summed E-state index contributed by atoms with van der Waals surface area (Å²) in [6.45, 7) is 3.85. The van der Waals surface area contributed by atoms with Gasteiger partial charge < -0.3 is 10.2 Å². The first-order chi connectivity index (χ1) is 9.88. The average molecular weight is 290 g/mol. The molecule has 2 nitrogen and oxygen atoms in total. The molecule has 0 aliphatic carbocycles. The Balaban J connectivity index is 2.25. The van der Waals surface area contributed by atoms with E-state index in [1.807, 2.05) is 51.0 Å². The number of rotatable bonds is 4. The topological polar surface area (TPSA) is 15.3 Å². The minimum absolute atomic E-state index is 0.321. The van der Waals surface area contributed by atoms with Gasteiger partial charge >= 0.3 is 0 Å². The molecule has 2 aromatic carbocycles. The Morgan fingerprint density at radius 3 is 2.43 bits per heavy atom. The zero-order valence-corrected chi connectivity index (χ0v) is 12.7. The molecule has 4 heteroatoms. The van der Waals surface area contributed by atoms with Crippen LogP contribution in [-0.2, 0) is 0 Å². The number of nitrogens with zero attached hydrogens (tertiary/aromatic N) is 1. The Morgan fingerprint density at radius 1 is 1.05 bits per heavy atom. The van der Waals surface area contributed by atoms with E-state index in [2.05, 4.69) is 5.32 Å². The highest BCUT2D eigenvalue weighted by molar-refractivity contribution is 5.62. The van der Waals surface area contributed by atoms with Crippen molar-refractivity contribution < 1.29 is 8.78 Å². The number of halogens is 2. The minimum Gasteiger partial charge on any atom is -0.378 e. The van der Waals surface area contributed by atoms with Crippen molar-refractivity contribution in [3.8, 4) is 0 Å². The second-order valence-corrected chi connectivity index (χ2v) is 5.43. The first-order valence-electron chi connectivity index (χ1n) is 6.88. The van der Waals surface area contributed by atoms with Crippen LogP contribution in [0.5, 0.6) is 0 Å². The quantitative estimate of drug-likeness (QED) is 0.891. The predicted octanol–water partition coefficient (Wildman–Crippen LogP) is 4.51. The SMILES string of the molecule is Cc1ccc(NC(C)c2cc(F)ccc2F)cc1N(C)C. The fraction of sp³-hybridized carbons (Fsp3) is 0.294. The van der Waals surface area contributed by atoms with E-state index >= 15 is 0 Å². The van der Waals surface area contributed by atoms with Gasteiger partial charge in [-0.25, -0.2) is 8.78 Å². The lowest BCUT2D eigenvalue weighted by molar-refractivity contribution is 0.577. The molecule has 0 aliphatic heterocycles. The average Bonchev–Trinajstić information content (AvgIpc) is 2.43. The van der Waals surface area contributed by atoms with Crippen molar-refractivity contribution in [2.45, 2.75) is 19.9 Å². The molecule has 2 rings (SSSR count). The second-order valence-electron chi connectivity index (χ2n) is 5.43. The van der Waals surface area contributed by atoms with E-state index in [-0.39, 0.29) is 6.04 Å². The minimum atomic E-state index is -0.432. The summed E-state index contributed by atoms with van der Waals surface area (Å²) in [6.07, 6.45) is 0. The Labute approximate surface area is 124 Å². The van der Waals surface area contributed by atoms with Crippen LogP contribution in [0.25, 0.3) is 0 Å². The van der Waals surface area contributed by atoms with Crippen LogP contribution >= 0.6 is 0 Å². The first kappa shape index (κ1) is 15.3. The Kier molecular flexibility index (Phi) is 4.46. The van der Waals surface area contributed by atoms with Gasteiger partial charge in [-0.15, -0.1) is 0 Å². The maximum absolute atomic E-state index is 13.8. The van der Waals surface area contributed by atoms with Gasteiger partial charge in [0.2, 0.25) is 0 Å². The van der Waals surface area contributed by atoms with Gasteiger partial charge in [0, 0.05) is 31.0 Å². The normalized spacial score (nSPS) is 12.1. The van der Waals surface area contributed by atoms with Gasteiger partial charge in [0.15, 0.2) is 0 Å². The summed E-state index contributed by atoms with van der Waals surface area (Å²) in [7, 11) is 3.95. The Bertz CT molecular complexity index is 639. The van der Waals surface area contributed by atoms with Crippen molar-refractivity contribution in [1.29, 1.82) is 0 Å². The zero-order valence-electron chi connectivity index (χ0n) is 12.7. The van der Waals surface area contributed by atoms with Gasteiger partial charge in [0.05, 0.1) is 6.04 Å². The largest absolute Gasteiger partial charge is 0.378 e.